The van der Waals surface area contributed by atoms with Crippen LogP contribution in [0.15, 0.2) is 12.1 Å². The number of carbonyl (C=O) groups is 1. The largest absolute Gasteiger partial charge is 0.489 e. The van der Waals surface area contributed by atoms with Gasteiger partial charge in [0.1, 0.15) is 18.0 Å². The van der Waals surface area contributed by atoms with Crippen LogP contribution < -0.4 is 10.5 Å². The number of carboxylic acids is 1. The molecule has 0 bridgehead atoms. The summed E-state index contributed by atoms with van der Waals surface area (Å²) < 4.78 is 7.71. The van der Waals surface area contributed by atoms with Crippen molar-refractivity contribution in [1.82, 2.24) is 40.2 Å². The van der Waals surface area contributed by atoms with Crippen molar-refractivity contribution in [2.75, 3.05) is 5.73 Å². The second kappa shape index (κ2) is 8.05. The minimum Gasteiger partial charge on any atom is -0.489 e. The van der Waals surface area contributed by atoms with E-state index in [0.29, 0.717) is 42.2 Å². The summed E-state index contributed by atoms with van der Waals surface area (Å²) in [7, 11) is 1.78. The Balaban J connectivity index is 1.53. The van der Waals surface area contributed by atoms with Gasteiger partial charge in [0.2, 0.25) is 0 Å². The number of hydrogen-bond donors (Lipinski definition) is 2. The maximum atomic E-state index is 11.3. The lowest BCUT2D eigenvalue weighted by atomic mass is 9.87. The average molecular weight is 413 g/mol. The molecule has 3 heterocycles. The minimum absolute atomic E-state index is 0.0926. The molecule has 0 saturated heterocycles. The van der Waals surface area contributed by atoms with Gasteiger partial charge < -0.3 is 15.6 Å². The van der Waals surface area contributed by atoms with Crippen molar-refractivity contribution >= 4 is 11.9 Å². The third-order valence-corrected chi connectivity index (χ3v) is 5.25. The first-order chi connectivity index (χ1) is 14.4. The van der Waals surface area contributed by atoms with E-state index in [1.165, 1.54) is 4.80 Å². The molecule has 12 heteroatoms. The summed E-state index contributed by atoms with van der Waals surface area (Å²) in [6.45, 7) is 2.15. The molecule has 0 radical (unpaired) electrons. The average Bonchev–Trinajstić information content (AvgIpc) is 3.29. The van der Waals surface area contributed by atoms with Crippen LogP contribution in [0.5, 0.6) is 5.75 Å². The summed E-state index contributed by atoms with van der Waals surface area (Å²) in [6, 6.07) is 3.66. The molecule has 4 rings (SSSR count). The van der Waals surface area contributed by atoms with E-state index < -0.39 is 5.97 Å². The fourth-order valence-electron chi connectivity index (χ4n) is 3.67. The Morgan fingerprint density at radius 2 is 2.13 bits per heavy atom. The molecule has 2 atom stereocenters. The molecule has 0 aromatic carbocycles. The maximum absolute atomic E-state index is 11.3. The fraction of sp³-hybridized carbons (Fsp3) is 0.500. The molecule has 1 fully saturated rings. The van der Waals surface area contributed by atoms with Gasteiger partial charge in [-0.25, -0.2) is 9.67 Å². The highest BCUT2D eigenvalue weighted by Gasteiger charge is 2.28. The Kier molecular flexibility index (Phi) is 5.29. The van der Waals surface area contributed by atoms with Crippen LogP contribution in [-0.4, -0.2) is 57.4 Å². The molecule has 3 aromatic heterocycles. The van der Waals surface area contributed by atoms with Crippen LogP contribution in [0.4, 0.5) is 5.95 Å². The van der Waals surface area contributed by atoms with Gasteiger partial charge in [0, 0.05) is 7.05 Å². The molecule has 1 saturated carbocycles. The Morgan fingerprint density at radius 1 is 1.30 bits per heavy atom. The Labute approximate surface area is 172 Å². The van der Waals surface area contributed by atoms with Crippen molar-refractivity contribution in [3.63, 3.8) is 0 Å². The number of hydrogen-bond acceptors (Lipinski definition) is 9. The molecule has 0 aliphatic heterocycles. The van der Waals surface area contributed by atoms with Gasteiger partial charge in [-0.05, 0) is 50.0 Å². The molecular formula is C18H23N9O3. The number of ether oxygens (including phenoxy) is 1. The molecule has 0 spiro atoms. The van der Waals surface area contributed by atoms with E-state index in [4.69, 9.17) is 10.5 Å². The quantitative estimate of drug-likeness (QED) is 0.592. The summed E-state index contributed by atoms with van der Waals surface area (Å²) in [6.07, 6.45) is 2.78. The third kappa shape index (κ3) is 4.07. The normalized spacial score (nSPS) is 19.0. The van der Waals surface area contributed by atoms with Gasteiger partial charge in [-0.2, -0.15) is 4.80 Å². The third-order valence-electron chi connectivity index (χ3n) is 5.25. The fourth-order valence-corrected chi connectivity index (χ4v) is 3.67. The SMILES string of the molecule is Cc1nc(-c2nnn(C)c2Cn2nnc(N)n2)ccc1OC1CCCC(C(=O)O)C1. The lowest BCUT2D eigenvalue weighted by Gasteiger charge is -2.27. The molecule has 30 heavy (non-hydrogen) atoms. The van der Waals surface area contributed by atoms with E-state index in [0.717, 1.165) is 18.5 Å². The van der Waals surface area contributed by atoms with Crippen LogP contribution in [0.25, 0.3) is 11.4 Å². The number of aryl methyl sites for hydroxylation is 2. The topological polar surface area (TPSA) is 160 Å². The monoisotopic (exact) mass is 413 g/mol. The molecule has 3 N–H and O–H groups in total. The van der Waals surface area contributed by atoms with Crippen molar-refractivity contribution < 1.29 is 14.6 Å². The molecule has 2 unspecified atom stereocenters. The van der Waals surface area contributed by atoms with Gasteiger partial charge in [0.15, 0.2) is 0 Å². The summed E-state index contributed by atoms with van der Waals surface area (Å²) >= 11 is 0. The number of nitrogens with zero attached hydrogens (tertiary/aromatic N) is 8. The van der Waals surface area contributed by atoms with Crippen LogP contribution >= 0.6 is 0 Å². The zero-order valence-corrected chi connectivity index (χ0v) is 16.8. The van der Waals surface area contributed by atoms with Crippen LogP contribution in [0.1, 0.15) is 37.1 Å². The van der Waals surface area contributed by atoms with Crippen LogP contribution in [-0.2, 0) is 18.4 Å². The summed E-state index contributed by atoms with van der Waals surface area (Å²) in [5.74, 6) is -0.369. The van der Waals surface area contributed by atoms with E-state index in [-0.39, 0.29) is 18.0 Å². The first-order valence-electron chi connectivity index (χ1n) is 9.70. The van der Waals surface area contributed by atoms with Crippen LogP contribution in [0.3, 0.4) is 0 Å². The predicted octanol–water partition coefficient (Wildman–Crippen LogP) is 0.825. The molecule has 1 aliphatic carbocycles. The van der Waals surface area contributed by atoms with E-state index >= 15 is 0 Å². The van der Waals surface area contributed by atoms with Crippen molar-refractivity contribution in [2.45, 2.75) is 45.3 Å². The number of aliphatic carboxylic acids is 1. The first kappa shape index (κ1) is 19.7. The highest BCUT2D eigenvalue weighted by atomic mass is 16.5. The van der Waals surface area contributed by atoms with Gasteiger partial charge in [-0.1, -0.05) is 10.3 Å². The van der Waals surface area contributed by atoms with E-state index in [1.54, 1.807) is 11.7 Å². The van der Waals surface area contributed by atoms with Gasteiger partial charge >= 0.3 is 5.97 Å². The number of nitrogen functional groups attached to an aromatic ring is 1. The number of anilines is 1. The van der Waals surface area contributed by atoms with Gasteiger partial charge in [-0.3, -0.25) is 4.79 Å². The van der Waals surface area contributed by atoms with Gasteiger partial charge in [0.25, 0.3) is 5.95 Å². The van der Waals surface area contributed by atoms with Crippen molar-refractivity contribution in [3.8, 4) is 17.1 Å². The van der Waals surface area contributed by atoms with Crippen molar-refractivity contribution in [2.24, 2.45) is 13.0 Å². The molecular weight excluding hydrogens is 390 g/mol. The Morgan fingerprint density at radius 3 is 2.83 bits per heavy atom. The molecule has 0 amide bonds. The molecule has 12 nitrogen and oxygen atoms in total. The van der Waals surface area contributed by atoms with Crippen LogP contribution in [0, 0.1) is 12.8 Å². The standard InChI is InChI=1S/C18H23N9O3/c1-10-15(30-12-5-3-4-11(8-12)17(28)29)7-6-13(20-10)16-14(26(2)24-21-16)9-27-23-18(19)22-25-27/h6-7,11-12H,3-5,8-9H2,1-2H3,(H2,19,23)(H,28,29). The van der Waals surface area contributed by atoms with E-state index in [2.05, 4.69) is 30.7 Å². The summed E-state index contributed by atoms with van der Waals surface area (Å²) in [5, 5.41) is 29.1. The Bertz CT molecular complexity index is 1060. The number of carboxylic acid groups (broad SMARTS) is 1. The van der Waals surface area contributed by atoms with Crippen molar-refractivity contribution in [3.05, 3.63) is 23.5 Å². The molecule has 1 aliphatic rings. The molecule has 3 aromatic rings. The van der Waals surface area contributed by atoms with Gasteiger partial charge in [-0.15, -0.1) is 10.2 Å². The molecule has 158 valence electrons. The number of tetrazole rings is 1. The smallest absolute Gasteiger partial charge is 0.306 e. The highest BCUT2D eigenvalue weighted by molar-refractivity contribution is 5.70. The zero-order valence-electron chi connectivity index (χ0n) is 16.8. The predicted molar refractivity (Wildman–Crippen MR) is 104 cm³/mol. The van der Waals surface area contributed by atoms with E-state index in [9.17, 15) is 9.90 Å². The summed E-state index contributed by atoms with van der Waals surface area (Å²) in [5.41, 5.74) is 8.23. The second-order valence-electron chi connectivity index (χ2n) is 7.41. The van der Waals surface area contributed by atoms with Crippen molar-refractivity contribution in [1.29, 1.82) is 0 Å². The highest BCUT2D eigenvalue weighted by Crippen LogP contribution is 2.30. The zero-order chi connectivity index (χ0) is 21.3. The summed E-state index contributed by atoms with van der Waals surface area (Å²) in [4.78, 5) is 17.3. The number of rotatable bonds is 6. The minimum atomic E-state index is -0.757. The first-order valence-corrected chi connectivity index (χ1v) is 9.70. The maximum Gasteiger partial charge on any atom is 0.306 e. The second-order valence-corrected chi connectivity index (χ2v) is 7.41. The Hall–Kier alpha value is -3.57. The lowest BCUT2D eigenvalue weighted by molar-refractivity contribution is -0.143. The lowest BCUT2D eigenvalue weighted by Crippen LogP contribution is -2.29. The van der Waals surface area contributed by atoms with E-state index in [1.807, 2.05) is 19.1 Å². The van der Waals surface area contributed by atoms with Crippen LogP contribution in [0.2, 0.25) is 0 Å². The number of nitrogens with two attached hydrogens (primary N) is 1. The van der Waals surface area contributed by atoms with Gasteiger partial charge in [0.05, 0.1) is 29.1 Å². The number of pyridine rings is 1. The number of aromatic nitrogens is 8.